The van der Waals surface area contributed by atoms with Crippen molar-refractivity contribution in [1.29, 1.82) is 0 Å². The van der Waals surface area contributed by atoms with Crippen LogP contribution in [0.3, 0.4) is 0 Å². The second-order valence-electron chi connectivity index (χ2n) is 3.68. The SMILES string of the molecule is Cc1cccc(NCCCC(F)(F)F)c1N. The zero-order chi connectivity index (χ0) is 12.2. The third kappa shape index (κ3) is 4.00. The number of nitrogens with one attached hydrogen (secondary N) is 1. The first-order valence-corrected chi connectivity index (χ1v) is 5.06. The Morgan fingerprint density at radius 2 is 2.00 bits per heavy atom. The largest absolute Gasteiger partial charge is 0.397 e. The molecule has 0 heterocycles. The van der Waals surface area contributed by atoms with Crippen molar-refractivity contribution in [2.75, 3.05) is 17.6 Å². The topological polar surface area (TPSA) is 38.0 Å². The molecule has 0 aliphatic carbocycles. The molecular formula is C11H15F3N2. The molecule has 1 rings (SSSR count). The van der Waals surface area contributed by atoms with E-state index in [2.05, 4.69) is 5.32 Å². The molecule has 0 aromatic heterocycles. The van der Waals surface area contributed by atoms with Gasteiger partial charge in [-0.05, 0) is 25.0 Å². The summed E-state index contributed by atoms with van der Waals surface area (Å²) in [6, 6.07) is 5.43. The summed E-state index contributed by atoms with van der Waals surface area (Å²) in [5.74, 6) is 0. The van der Waals surface area contributed by atoms with Crippen molar-refractivity contribution in [3.8, 4) is 0 Å². The van der Waals surface area contributed by atoms with E-state index in [9.17, 15) is 13.2 Å². The average Bonchev–Trinajstić information content (AvgIpc) is 2.17. The fourth-order valence-electron chi connectivity index (χ4n) is 1.35. The van der Waals surface area contributed by atoms with Crippen LogP contribution in [0.4, 0.5) is 24.5 Å². The van der Waals surface area contributed by atoms with E-state index in [1.165, 1.54) is 0 Å². The van der Waals surface area contributed by atoms with Crippen molar-refractivity contribution >= 4 is 11.4 Å². The number of hydrogen-bond donors (Lipinski definition) is 2. The van der Waals surface area contributed by atoms with Crippen LogP contribution in [-0.2, 0) is 0 Å². The first kappa shape index (κ1) is 12.7. The van der Waals surface area contributed by atoms with Crippen molar-refractivity contribution in [3.63, 3.8) is 0 Å². The number of para-hydroxylation sites is 1. The molecule has 0 aliphatic heterocycles. The van der Waals surface area contributed by atoms with Crippen LogP contribution in [0.5, 0.6) is 0 Å². The maximum atomic E-state index is 11.9. The van der Waals surface area contributed by atoms with Gasteiger partial charge in [0.15, 0.2) is 0 Å². The zero-order valence-electron chi connectivity index (χ0n) is 9.06. The van der Waals surface area contributed by atoms with Gasteiger partial charge in [0.05, 0.1) is 11.4 Å². The maximum Gasteiger partial charge on any atom is 0.389 e. The van der Waals surface area contributed by atoms with Crippen LogP contribution in [0.15, 0.2) is 18.2 Å². The molecule has 0 radical (unpaired) electrons. The van der Waals surface area contributed by atoms with Gasteiger partial charge in [0.1, 0.15) is 0 Å². The molecule has 0 atom stereocenters. The minimum atomic E-state index is -4.08. The summed E-state index contributed by atoms with van der Waals surface area (Å²) in [5, 5.41) is 2.90. The first-order valence-electron chi connectivity index (χ1n) is 5.06. The first-order chi connectivity index (χ1) is 7.40. The van der Waals surface area contributed by atoms with Crippen LogP contribution < -0.4 is 11.1 Å². The minimum Gasteiger partial charge on any atom is -0.397 e. The maximum absolute atomic E-state index is 11.9. The summed E-state index contributed by atoms with van der Waals surface area (Å²) in [4.78, 5) is 0. The number of hydrogen-bond acceptors (Lipinski definition) is 2. The molecule has 0 saturated carbocycles. The molecule has 90 valence electrons. The van der Waals surface area contributed by atoms with E-state index in [1.54, 1.807) is 6.07 Å². The third-order valence-electron chi connectivity index (χ3n) is 2.28. The lowest BCUT2D eigenvalue weighted by Crippen LogP contribution is -2.11. The second-order valence-corrected chi connectivity index (χ2v) is 3.68. The normalized spacial score (nSPS) is 11.5. The second kappa shape index (κ2) is 5.09. The quantitative estimate of drug-likeness (QED) is 0.617. The van der Waals surface area contributed by atoms with Crippen molar-refractivity contribution in [2.24, 2.45) is 0 Å². The molecule has 0 saturated heterocycles. The number of aryl methyl sites for hydroxylation is 1. The number of nitrogen functional groups attached to an aromatic ring is 1. The van der Waals surface area contributed by atoms with Crippen LogP contribution >= 0.6 is 0 Å². The Labute approximate surface area is 92.6 Å². The molecule has 2 nitrogen and oxygen atoms in total. The molecule has 0 aliphatic rings. The van der Waals surface area contributed by atoms with Crippen LogP contribution in [0.1, 0.15) is 18.4 Å². The zero-order valence-corrected chi connectivity index (χ0v) is 9.06. The number of anilines is 2. The highest BCUT2D eigenvalue weighted by atomic mass is 19.4. The highest BCUT2D eigenvalue weighted by Crippen LogP contribution is 2.23. The van der Waals surface area contributed by atoms with Gasteiger partial charge in [0, 0.05) is 13.0 Å². The molecular weight excluding hydrogens is 217 g/mol. The lowest BCUT2D eigenvalue weighted by Gasteiger charge is -2.11. The molecule has 1 aromatic rings. The number of nitrogens with two attached hydrogens (primary N) is 1. The van der Waals surface area contributed by atoms with Crippen LogP contribution in [0.25, 0.3) is 0 Å². The Kier molecular flexibility index (Phi) is 4.04. The van der Waals surface area contributed by atoms with Gasteiger partial charge in [0.25, 0.3) is 0 Å². The Bertz CT molecular complexity index is 348. The predicted octanol–water partition coefficient (Wildman–Crippen LogP) is 3.33. The number of alkyl halides is 3. The summed E-state index contributed by atoms with van der Waals surface area (Å²) in [7, 11) is 0. The van der Waals surface area contributed by atoms with Crippen molar-refractivity contribution < 1.29 is 13.2 Å². The molecule has 1 aromatic carbocycles. The van der Waals surface area contributed by atoms with Crippen molar-refractivity contribution in [1.82, 2.24) is 0 Å². The monoisotopic (exact) mass is 232 g/mol. The molecule has 3 N–H and O–H groups in total. The number of rotatable bonds is 4. The lowest BCUT2D eigenvalue weighted by atomic mass is 10.1. The van der Waals surface area contributed by atoms with Gasteiger partial charge in [-0.2, -0.15) is 13.2 Å². The van der Waals surface area contributed by atoms with E-state index in [0.29, 0.717) is 11.4 Å². The Morgan fingerprint density at radius 1 is 1.31 bits per heavy atom. The summed E-state index contributed by atoms with van der Waals surface area (Å²) < 4.78 is 35.6. The highest BCUT2D eigenvalue weighted by molar-refractivity contribution is 5.69. The molecule has 0 spiro atoms. The molecule has 0 unspecified atom stereocenters. The van der Waals surface area contributed by atoms with Crippen LogP contribution in [-0.4, -0.2) is 12.7 Å². The minimum absolute atomic E-state index is 0.0525. The smallest absolute Gasteiger partial charge is 0.389 e. The highest BCUT2D eigenvalue weighted by Gasteiger charge is 2.25. The summed E-state index contributed by atoms with van der Waals surface area (Å²) in [5.41, 5.74) is 7.97. The molecule has 5 heteroatoms. The van der Waals surface area contributed by atoms with Gasteiger partial charge in [-0.3, -0.25) is 0 Å². The lowest BCUT2D eigenvalue weighted by molar-refractivity contribution is -0.134. The Morgan fingerprint density at radius 3 is 2.62 bits per heavy atom. The summed E-state index contributed by atoms with van der Waals surface area (Å²) in [6.07, 6.45) is -4.80. The van der Waals surface area contributed by atoms with Gasteiger partial charge < -0.3 is 11.1 Å². The molecule has 0 fully saturated rings. The Hall–Kier alpha value is -1.39. The number of halogens is 3. The fourth-order valence-corrected chi connectivity index (χ4v) is 1.35. The van der Waals surface area contributed by atoms with E-state index in [1.807, 2.05) is 19.1 Å². The fraction of sp³-hybridized carbons (Fsp3) is 0.455. The van der Waals surface area contributed by atoms with Gasteiger partial charge in [-0.15, -0.1) is 0 Å². The molecule has 0 amide bonds. The molecule has 0 bridgehead atoms. The van der Waals surface area contributed by atoms with E-state index in [-0.39, 0.29) is 13.0 Å². The third-order valence-corrected chi connectivity index (χ3v) is 2.28. The predicted molar refractivity (Wildman–Crippen MR) is 59.4 cm³/mol. The van der Waals surface area contributed by atoms with Crippen molar-refractivity contribution in [3.05, 3.63) is 23.8 Å². The van der Waals surface area contributed by atoms with Crippen LogP contribution in [0.2, 0.25) is 0 Å². The van der Waals surface area contributed by atoms with E-state index < -0.39 is 12.6 Å². The average molecular weight is 232 g/mol. The standard InChI is InChI=1S/C11H15F3N2/c1-8-4-2-5-9(10(8)15)16-7-3-6-11(12,13)14/h2,4-5,16H,3,6-7,15H2,1H3. The van der Waals surface area contributed by atoms with E-state index in [0.717, 1.165) is 5.56 Å². The Balaban J connectivity index is 2.41. The van der Waals surface area contributed by atoms with Crippen LogP contribution in [0, 0.1) is 6.92 Å². The summed E-state index contributed by atoms with van der Waals surface area (Å²) >= 11 is 0. The van der Waals surface area contributed by atoms with Gasteiger partial charge in [-0.1, -0.05) is 12.1 Å². The number of benzene rings is 1. The van der Waals surface area contributed by atoms with E-state index >= 15 is 0 Å². The van der Waals surface area contributed by atoms with Gasteiger partial charge >= 0.3 is 6.18 Å². The van der Waals surface area contributed by atoms with E-state index in [4.69, 9.17) is 5.73 Å². The van der Waals surface area contributed by atoms with Gasteiger partial charge in [-0.25, -0.2) is 0 Å². The molecule has 16 heavy (non-hydrogen) atoms. The van der Waals surface area contributed by atoms with Gasteiger partial charge in [0.2, 0.25) is 0 Å². The summed E-state index contributed by atoms with van der Waals surface area (Å²) in [6.45, 7) is 2.13. The van der Waals surface area contributed by atoms with Crippen molar-refractivity contribution in [2.45, 2.75) is 25.9 Å².